The SMILES string of the molecule is COc1ccc(C(Nc2ncnc3c2ncn3[C@H]2CC=C(CO)CC2)(c2ccccc2)c2ccccc2)cc1. The van der Waals surface area contributed by atoms with E-state index < -0.39 is 5.54 Å². The van der Waals surface area contributed by atoms with Crippen molar-refractivity contribution in [1.29, 1.82) is 0 Å². The Morgan fingerprint density at radius 3 is 2.15 bits per heavy atom. The van der Waals surface area contributed by atoms with Gasteiger partial charge in [0.2, 0.25) is 0 Å². The van der Waals surface area contributed by atoms with Crippen LogP contribution in [0.2, 0.25) is 0 Å². The van der Waals surface area contributed by atoms with E-state index in [0.29, 0.717) is 5.82 Å². The van der Waals surface area contributed by atoms with Crippen LogP contribution in [0.15, 0.2) is 109 Å². The molecule has 0 radical (unpaired) electrons. The molecule has 2 aromatic heterocycles. The minimum absolute atomic E-state index is 0.125. The average Bonchev–Trinajstić information content (AvgIpc) is 3.46. The Bertz CT molecular complexity index is 1540. The number of hydrogen-bond acceptors (Lipinski definition) is 6. The number of anilines is 1. The summed E-state index contributed by atoms with van der Waals surface area (Å²) in [4.78, 5) is 14.2. The van der Waals surface area contributed by atoms with Crippen LogP contribution in [0.25, 0.3) is 11.2 Å². The maximum Gasteiger partial charge on any atom is 0.165 e. The van der Waals surface area contributed by atoms with Crippen molar-refractivity contribution in [1.82, 2.24) is 19.5 Å². The summed E-state index contributed by atoms with van der Waals surface area (Å²) in [6, 6.07) is 29.2. The quantitative estimate of drug-likeness (QED) is 0.197. The van der Waals surface area contributed by atoms with Crippen molar-refractivity contribution in [2.24, 2.45) is 0 Å². The predicted molar refractivity (Wildman–Crippen MR) is 153 cm³/mol. The van der Waals surface area contributed by atoms with Crippen LogP contribution in [0.3, 0.4) is 0 Å². The lowest BCUT2D eigenvalue weighted by atomic mass is 9.77. The maximum atomic E-state index is 9.51. The Hall–Kier alpha value is -4.49. The van der Waals surface area contributed by atoms with E-state index in [1.54, 1.807) is 13.4 Å². The van der Waals surface area contributed by atoms with Crippen molar-refractivity contribution in [2.45, 2.75) is 30.8 Å². The number of fused-ring (bicyclic) bond motifs is 1. The van der Waals surface area contributed by atoms with Crippen molar-refractivity contribution in [3.8, 4) is 5.75 Å². The molecule has 2 N–H and O–H groups in total. The first-order valence-electron chi connectivity index (χ1n) is 13.2. The summed E-state index contributed by atoms with van der Waals surface area (Å²) in [5.74, 6) is 1.45. The van der Waals surface area contributed by atoms with Gasteiger partial charge in [-0.1, -0.05) is 78.9 Å². The Balaban J connectivity index is 1.51. The second-order valence-corrected chi connectivity index (χ2v) is 9.83. The fraction of sp³-hybridized carbons (Fsp3) is 0.219. The number of allylic oxidation sites excluding steroid dienone is 1. The van der Waals surface area contributed by atoms with Crippen LogP contribution in [-0.4, -0.2) is 38.3 Å². The van der Waals surface area contributed by atoms with E-state index in [2.05, 4.69) is 81.6 Å². The van der Waals surface area contributed by atoms with Gasteiger partial charge < -0.3 is 19.7 Å². The van der Waals surface area contributed by atoms with Gasteiger partial charge in [0, 0.05) is 6.04 Å². The second-order valence-electron chi connectivity index (χ2n) is 9.83. The first kappa shape index (κ1) is 24.8. The molecule has 0 spiro atoms. The van der Waals surface area contributed by atoms with Gasteiger partial charge >= 0.3 is 0 Å². The molecule has 0 saturated heterocycles. The number of hydrogen-bond donors (Lipinski definition) is 2. The molecule has 7 nitrogen and oxygen atoms in total. The molecule has 2 heterocycles. The van der Waals surface area contributed by atoms with Gasteiger partial charge in [-0.3, -0.25) is 0 Å². The molecule has 0 fully saturated rings. The smallest absolute Gasteiger partial charge is 0.165 e. The normalized spacial score (nSPS) is 15.6. The molecular formula is C32H31N5O2. The molecular weight excluding hydrogens is 486 g/mol. The highest BCUT2D eigenvalue weighted by Crippen LogP contribution is 2.41. The number of nitrogens with zero attached hydrogens (tertiary/aromatic N) is 4. The Kier molecular flexibility index (Phi) is 6.82. The van der Waals surface area contributed by atoms with Gasteiger partial charge in [-0.2, -0.15) is 0 Å². The van der Waals surface area contributed by atoms with E-state index in [9.17, 15) is 5.11 Å². The summed E-state index contributed by atoms with van der Waals surface area (Å²) in [7, 11) is 1.68. The van der Waals surface area contributed by atoms with Crippen molar-refractivity contribution >= 4 is 17.0 Å². The standard InChI is InChI=1S/C32H31N5O2/c1-39-28-18-14-26(15-19-28)32(24-8-4-2-5-9-24,25-10-6-3-7-11-25)36-30-29-31(34-21-33-30)37(22-35-29)27-16-12-23(20-38)13-17-27/h2-12,14-15,18-19,21-22,27,38H,13,16-17,20H2,1H3,(H,33,34,36)/t27-/m0/s1. The fourth-order valence-electron chi connectivity index (χ4n) is 5.59. The number of aromatic nitrogens is 4. The Morgan fingerprint density at radius 1 is 0.897 bits per heavy atom. The van der Waals surface area contributed by atoms with Gasteiger partial charge in [-0.15, -0.1) is 0 Å². The van der Waals surface area contributed by atoms with Gasteiger partial charge in [0.1, 0.15) is 23.1 Å². The number of benzene rings is 3. The number of aliphatic hydroxyl groups excluding tert-OH is 1. The molecule has 39 heavy (non-hydrogen) atoms. The molecule has 5 aromatic rings. The van der Waals surface area contributed by atoms with Gasteiger partial charge in [-0.05, 0) is 53.7 Å². The van der Waals surface area contributed by atoms with Crippen LogP contribution in [0.1, 0.15) is 42.0 Å². The van der Waals surface area contributed by atoms with Crippen LogP contribution < -0.4 is 10.1 Å². The zero-order valence-electron chi connectivity index (χ0n) is 21.9. The number of aliphatic hydroxyl groups is 1. The van der Waals surface area contributed by atoms with Gasteiger partial charge in [0.25, 0.3) is 0 Å². The molecule has 0 amide bonds. The van der Waals surface area contributed by atoms with E-state index >= 15 is 0 Å². The van der Waals surface area contributed by atoms with Crippen molar-refractivity contribution in [3.63, 3.8) is 0 Å². The third-order valence-electron chi connectivity index (χ3n) is 7.68. The van der Waals surface area contributed by atoms with Crippen LogP contribution in [0.4, 0.5) is 5.82 Å². The average molecular weight is 518 g/mol. The largest absolute Gasteiger partial charge is 0.497 e. The molecule has 196 valence electrons. The third-order valence-corrected chi connectivity index (χ3v) is 7.68. The lowest BCUT2D eigenvalue weighted by Crippen LogP contribution is -2.38. The minimum atomic E-state index is -0.760. The third kappa shape index (κ3) is 4.55. The maximum absolute atomic E-state index is 9.51. The molecule has 6 rings (SSSR count). The van der Waals surface area contributed by atoms with E-state index in [1.165, 1.54) is 0 Å². The fourth-order valence-corrected chi connectivity index (χ4v) is 5.59. The summed E-state index contributed by atoms with van der Waals surface area (Å²) in [5, 5.41) is 13.4. The number of rotatable bonds is 8. The van der Waals surface area contributed by atoms with Crippen molar-refractivity contribution in [2.75, 3.05) is 19.0 Å². The van der Waals surface area contributed by atoms with Crippen molar-refractivity contribution < 1.29 is 9.84 Å². The van der Waals surface area contributed by atoms with E-state index in [1.807, 2.05) is 30.6 Å². The molecule has 1 aliphatic carbocycles. The molecule has 3 aromatic carbocycles. The summed E-state index contributed by atoms with van der Waals surface area (Å²) < 4.78 is 7.62. The number of methoxy groups -OCH3 is 1. The summed E-state index contributed by atoms with van der Waals surface area (Å²) in [5.41, 5.74) is 5.04. The highest BCUT2D eigenvalue weighted by atomic mass is 16.5. The molecule has 7 heteroatoms. The predicted octanol–water partition coefficient (Wildman–Crippen LogP) is 5.88. The second kappa shape index (κ2) is 10.7. The summed E-state index contributed by atoms with van der Waals surface area (Å²) in [6.45, 7) is 0.125. The summed E-state index contributed by atoms with van der Waals surface area (Å²) in [6.07, 6.45) is 8.27. The van der Waals surface area contributed by atoms with E-state index in [4.69, 9.17) is 14.7 Å². The highest BCUT2D eigenvalue weighted by molar-refractivity contribution is 5.84. The van der Waals surface area contributed by atoms with Crippen LogP contribution in [-0.2, 0) is 5.54 Å². The van der Waals surface area contributed by atoms with Crippen LogP contribution >= 0.6 is 0 Å². The summed E-state index contributed by atoms with van der Waals surface area (Å²) >= 11 is 0. The zero-order valence-corrected chi connectivity index (χ0v) is 21.9. The first-order valence-corrected chi connectivity index (χ1v) is 13.2. The lowest BCUT2D eigenvalue weighted by molar-refractivity contribution is 0.316. The molecule has 1 aliphatic rings. The Morgan fingerprint density at radius 2 is 1.56 bits per heavy atom. The molecule has 1 atom stereocenters. The number of ether oxygens (including phenoxy) is 1. The number of nitrogens with one attached hydrogen (secondary N) is 1. The van der Waals surface area contributed by atoms with Crippen LogP contribution in [0, 0.1) is 0 Å². The topological polar surface area (TPSA) is 85.1 Å². The monoisotopic (exact) mass is 517 g/mol. The molecule has 0 bridgehead atoms. The van der Waals surface area contributed by atoms with Crippen LogP contribution in [0.5, 0.6) is 5.75 Å². The zero-order chi connectivity index (χ0) is 26.7. The van der Waals surface area contributed by atoms with Crippen molar-refractivity contribution in [3.05, 3.63) is 126 Å². The number of imidazole rings is 1. The lowest BCUT2D eigenvalue weighted by Gasteiger charge is -2.37. The van der Waals surface area contributed by atoms with E-state index in [0.717, 1.165) is 58.4 Å². The molecule has 0 saturated carbocycles. The van der Waals surface area contributed by atoms with E-state index in [-0.39, 0.29) is 12.6 Å². The first-order chi connectivity index (χ1) is 19.2. The highest BCUT2D eigenvalue weighted by Gasteiger charge is 2.37. The minimum Gasteiger partial charge on any atom is -0.497 e. The molecule has 0 aliphatic heterocycles. The van der Waals surface area contributed by atoms with Gasteiger partial charge in [0.15, 0.2) is 11.5 Å². The molecule has 0 unspecified atom stereocenters. The van der Waals surface area contributed by atoms with Gasteiger partial charge in [-0.25, -0.2) is 15.0 Å². The van der Waals surface area contributed by atoms with Gasteiger partial charge in [0.05, 0.1) is 20.0 Å². The Labute approximate surface area is 227 Å².